The molecule has 0 radical (unpaired) electrons. The highest BCUT2D eigenvalue weighted by Crippen LogP contribution is 2.23. The zero-order valence-corrected chi connectivity index (χ0v) is 13.1. The van der Waals surface area contributed by atoms with E-state index >= 15 is 0 Å². The molecule has 124 valence electrons. The van der Waals surface area contributed by atoms with E-state index in [2.05, 4.69) is 0 Å². The fourth-order valence-corrected chi connectivity index (χ4v) is 4.33. The van der Waals surface area contributed by atoms with E-state index in [9.17, 15) is 26.4 Å². The predicted molar refractivity (Wildman–Crippen MR) is 74.9 cm³/mol. The van der Waals surface area contributed by atoms with Crippen LogP contribution in [-0.4, -0.2) is 45.0 Å². The summed E-state index contributed by atoms with van der Waals surface area (Å²) in [5.41, 5.74) is 0. The number of halogens is 3. The normalized spacial score (nSPS) is 18.3. The molecule has 1 amide bonds. The Morgan fingerprint density at radius 3 is 2.50 bits per heavy atom. The molecule has 0 aliphatic carbocycles. The third kappa shape index (κ3) is 4.68. The van der Waals surface area contributed by atoms with Crippen molar-refractivity contribution >= 4 is 27.3 Å². The second-order valence-corrected chi connectivity index (χ2v) is 7.92. The van der Waals surface area contributed by atoms with Crippen LogP contribution in [0.2, 0.25) is 0 Å². The van der Waals surface area contributed by atoms with E-state index in [1.54, 1.807) is 11.4 Å². The topological polar surface area (TPSA) is 66.5 Å². The molecule has 10 heteroatoms. The quantitative estimate of drug-likeness (QED) is 0.894. The van der Waals surface area contributed by atoms with Gasteiger partial charge < -0.3 is 0 Å². The summed E-state index contributed by atoms with van der Waals surface area (Å²) < 4.78 is 62.7. The first-order valence-electron chi connectivity index (χ1n) is 6.57. The highest BCUT2D eigenvalue weighted by Gasteiger charge is 2.34. The molecule has 2 rings (SSSR count). The highest BCUT2D eigenvalue weighted by atomic mass is 32.2. The molecule has 1 aliphatic heterocycles. The lowest BCUT2D eigenvalue weighted by molar-refractivity contribution is -0.149. The monoisotopic (exact) mass is 356 g/mol. The number of nitrogens with zero attached hydrogens (tertiary/aromatic N) is 1. The Hall–Kier alpha value is -1.13. The third-order valence-electron chi connectivity index (χ3n) is 3.36. The average molecular weight is 356 g/mol. The van der Waals surface area contributed by atoms with Crippen LogP contribution < -0.4 is 4.72 Å². The summed E-state index contributed by atoms with van der Waals surface area (Å²) in [6.07, 6.45) is -3.85. The number of likely N-dealkylation sites (tertiary alicyclic amines) is 1. The lowest BCUT2D eigenvalue weighted by Crippen LogP contribution is -2.44. The minimum Gasteiger partial charge on any atom is -0.295 e. The molecule has 1 N–H and O–H groups in total. The number of piperidine rings is 1. The van der Waals surface area contributed by atoms with Gasteiger partial charge in [-0.25, -0.2) is 13.1 Å². The number of hydrogen-bond donors (Lipinski definition) is 1. The largest absolute Gasteiger partial charge is 0.401 e. The number of amides is 1. The van der Waals surface area contributed by atoms with Gasteiger partial charge >= 0.3 is 6.18 Å². The molecule has 1 aromatic heterocycles. The summed E-state index contributed by atoms with van der Waals surface area (Å²) in [5.74, 6) is -1.24. The zero-order valence-electron chi connectivity index (χ0n) is 11.5. The van der Waals surface area contributed by atoms with Crippen molar-refractivity contribution < 1.29 is 26.4 Å². The molecule has 1 saturated heterocycles. The molecule has 5 nitrogen and oxygen atoms in total. The second-order valence-electron chi connectivity index (χ2n) is 5.07. The maximum Gasteiger partial charge on any atom is 0.401 e. The Labute approximate surface area is 130 Å². The number of carbonyl (C=O) groups is 1. The Kier molecular flexibility index (Phi) is 5.13. The summed E-state index contributed by atoms with van der Waals surface area (Å²) in [4.78, 5) is 13.2. The summed E-state index contributed by atoms with van der Waals surface area (Å²) in [6.45, 7) is -0.762. The summed E-state index contributed by atoms with van der Waals surface area (Å²) >= 11 is 0.989. The van der Waals surface area contributed by atoms with E-state index in [4.69, 9.17) is 0 Å². The second kappa shape index (κ2) is 6.55. The Bertz CT molecular complexity index is 606. The van der Waals surface area contributed by atoms with Crippen LogP contribution in [0.4, 0.5) is 13.2 Å². The minimum absolute atomic E-state index is 0.0374. The van der Waals surface area contributed by atoms with E-state index in [0.29, 0.717) is 0 Å². The van der Waals surface area contributed by atoms with Crippen molar-refractivity contribution in [1.29, 1.82) is 0 Å². The molecule has 1 fully saturated rings. The number of hydrogen-bond acceptors (Lipinski definition) is 5. The van der Waals surface area contributed by atoms with E-state index in [1.165, 1.54) is 11.0 Å². The van der Waals surface area contributed by atoms with Crippen molar-refractivity contribution in [3.8, 4) is 0 Å². The van der Waals surface area contributed by atoms with E-state index in [0.717, 1.165) is 11.3 Å². The van der Waals surface area contributed by atoms with Gasteiger partial charge in [0.2, 0.25) is 5.91 Å². The molecule has 0 bridgehead atoms. The van der Waals surface area contributed by atoms with Gasteiger partial charge in [-0.2, -0.15) is 13.2 Å². The van der Waals surface area contributed by atoms with Gasteiger partial charge in [-0.15, -0.1) is 11.3 Å². The third-order valence-corrected chi connectivity index (χ3v) is 6.10. The predicted octanol–water partition coefficient (Wildman–Crippen LogP) is 1.83. The molecule has 0 saturated carbocycles. The molecular formula is C12H15F3N2O3S2. The van der Waals surface area contributed by atoms with Crippen molar-refractivity contribution in [2.24, 2.45) is 5.92 Å². The highest BCUT2D eigenvalue weighted by molar-refractivity contribution is 7.92. The van der Waals surface area contributed by atoms with Gasteiger partial charge in [-0.1, -0.05) is 6.07 Å². The van der Waals surface area contributed by atoms with Gasteiger partial charge in [0.05, 0.1) is 6.54 Å². The fraction of sp³-hybridized carbons (Fsp3) is 0.583. The smallest absolute Gasteiger partial charge is 0.295 e. The van der Waals surface area contributed by atoms with Gasteiger partial charge in [0.15, 0.2) is 0 Å². The summed E-state index contributed by atoms with van der Waals surface area (Å²) in [6, 6.07) is 2.94. The van der Waals surface area contributed by atoms with Crippen LogP contribution in [0.3, 0.4) is 0 Å². The summed E-state index contributed by atoms with van der Waals surface area (Å²) in [7, 11) is -3.88. The number of carbonyl (C=O) groups excluding carboxylic acids is 1. The Morgan fingerprint density at radius 2 is 2.00 bits per heavy atom. The van der Waals surface area contributed by atoms with Crippen LogP contribution >= 0.6 is 11.3 Å². The van der Waals surface area contributed by atoms with Crippen LogP contribution in [0.1, 0.15) is 12.8 Å². The van der Waals surface area contributed by atoms with Gasteiger partial charge in [0, 0.05) is 5.92 Å². The van der Waals surface area contributed by atoms with Crippen LogP contribution in [0, 0.1) is 5.92 Å². The van der Waals surface area contributed by atoms with E-state index < -0.39 is 34.6 Å². The molecular weight excluding hydrogens is 341 g/mol. The van der Waals surface area contributed by atoms with Crippen molar-refractivity contribution in [3.63, 3.8) is 0 Å². The standard InChI is InChI=1S/C12H15F3N2O3S2/c13-12(14,15)8-17-5-3-9(4-6-17)11(18)16-22(19,20)10-2-1-7-21-10/h1-2,7,9H,3-6,8H2,(H,16,18). The van der Waals surface area contributed by atoms with Crippen LogP contribution in [0.15, 0.2) is 21.7 Å². The fourth-order valence-electron chi connectivity index (χ4n) is 2.29. The maximum atomic E-state index is 12.3. The lowest BCUT2D eigenvalue weighted by Gasteiger charge is -2.31. The first-order chi connectivity index (χ1) is 10.2. The van der Waals surface area contributed by atoms with Crippen molar-refractivity contribution in [2.45, 2.75) is 23.2 Å². The van der Waals surface area contributed by atoms with Crippen LogP contribution in [0.25, 0.3) is 0 Å². The first-order valence-corrected chi connectivity index (χ1v) is 8.93. The number of alkyl halides is 3. The molecule has 2 heterocycles. The minimum atomic E-state index is -4.27. The number of thiophene rings is 1. The van der Waals surface area contributed by atoms with Gasteiger partial charge in [-0.05, 0) is 37.4 Å². The van der Waals surface area contributed by atoms with E-state index in [1.807, 2.05) is 4.72 Å². The van der Waals surface area contributed by atoms with Crippen molar-refractivity contribution in [1.82, 2.24) is 9.62 Å². The SMILES string of the molecule is O=C(NS(=O)(=O)c1cccs1)C1CCN(CC(F)(F)F)CC1. The Balaban J connectivity index is 1.88. The number of sulfonamides is 1. The van der Waals surface area contributed by atoms with Crippen LogP contribution in [0.5, 0.6) is 0 Å². The zero-order chi connectivity index (χ0) is 16.4. The molecule has 1 aliphatic rings. The maximum absolute atomic E-state index is 12.3. The van der Waals surface area contributed by atoms with Crippen molar-refractivity contribution in [3.05, 3.63) is 17.5 Å². The molecule has 1 aromatic rings. The van der Waals surface area contributed by atoms with E-state index in [-0.39, 0.29) is 30.1 Å². The number of rotatable bonds is 4. The van der Waals surface area contributed by atoms with Gasteiger partial charge in [0.1, 0.15) is 4.21 Å². The Morgan fingerprint density at radius 1 is 1.36 bits per heavy atom. The average Bonchev–Trinajstić information content (AvgIpc) is 2.91. The van der Waals surface area contributed by atoms with Gasteiger partial charge in [0.25, 0.3) is 10.0 Å². The van der Waals surface area contributed by atoms with Crippen LogP contribution in [-0.2, 0) is 14.8 Å². The van der Waals surface area contributed by atoms with Gasteiger partial charge in [-0.3, -0.25) is 9.69 Å². The molecule has 0 atom stereocenters. The molecule has 0 spiro atoms. The molecule has 22 heavy (non-hydrogen) atoms. The van der Waals surface area contributed by atoms with Crippen molar-refractivity contribution in [2.75, 3.05) is 19.6 Å². The summed E-state index contributed by atoms with van der Waals surface area (Å²) in [5, 5.41) is 1.58. The lowest BCUT2D eigenvalue weighted by atomic mass is 9.96. The number of nitrogens with one attached hydrogen (secondary N) is 1. The molecule has 0 aromatic carbocycles. The molecule has 0 unspecified atom stereocenters. The first kappa shape index (κ1) is 17.2.